The number of benzene rings is 2. The molecule has 0 atom stereocenters. The average Bonchev–Trinajstić information content (AvgIpc) is 2.61. The van der Waals surface area contributed by atoms with Gasteiger partial charge < -0.3 is 14.8 Å². The van der Waals surface area contributed by atoms with E-state index in [9.17, 15) is 4.79 Å². The molecule has 0 aliphatic heterocycles. The van der Waals surface area contributed by atoms with Gasteiger partial charge in [-0.25, -0.2) is 0 Å². The summed E-state index contributed by atoms with van der Waals surface area (Å²) in [5, 5.41) is 3.00. The number of para-hydroxylation sites is 1. The van der Waals surface area contributed by atoms with E-state index in [1.165, 1.54) is 6.08 Å². The van der Waals surface area contributed by atoms with Crippen LogP contribution in [0.2, 0.25) is 0 Å². The van der Waals surface area contributed by atoms with Gasteiger partial charge in [-0.05, 0) is 42.2 Å². The monoisotopic (exact) mass is 339 g/mol. The van der Waals surface area contributed by atoms with Crippen LogP contribution in [0.1, 0.15) is 36.5 Å². The Hall–Kier alpha value is -2.75. The van der Waals surface area contributed by atoms with Crippen molar-refractivity contribution in [2.24, 2.45) is 0 Å². The van der Waals surface area contributed by atoms with E-state index in [4.69, 9.17) is 9.47 Å². The van der Waals surface area contributed by atoms with E-state index < -0.39 is 0 Å². The zero-order valence-electron chi connectivity index (χ0n) is 15.4. The molecule has 4 heteroatoms. The van der Waals surface area contributed by atoms with Crippen molar-refractivity contribution in [3.05, 3.63) is 59.2 Å². The molecule has 25 heavy (non-hydrogen) atoms. The predicted octanol–water partition coefficient (Wildman–Crippen LogP) is 4.79. The number of rotatable bonds is 6. The highest BCUT2D eigenvalue weighted by molar-refractivity contribution is 6.03. The number of carbonyl (C=O) groups is 1. The Morgan fingerprint density at radius 3 is 2.52 bits per heavy atom. The second-order valence-corrected chi connectivity index (χ2v) is 6.12. The molecule has 0 heterocycles. The van der Waals surface area contributed by atoms with E-state index in [2.05, 4.69) is 19.2 Å². The number of hydrogen-bond donors (Lipinski definition) is 1. The fraction of sp³-hybridized carbons (Fsp3) is 0.286. The van der Waals surface area contributed by atoms with Crippen LogP contribution in [0.4, 0.5) is 5.69 Å². The Morgan fingerprint density at radius 2 is 1.88 bits per heavy atom. The van der Waals surface area contributed by atoms with Crippen LogP contribution in [0.15, 0.2) is 42.5 Å². The van der Waals surface area contributed by atoms with Crippen molar-refractivity contribution < 1.29 is 14.3 Å². The molecule has 0 spiro atoms. The lowest BCUT2D eigenvalue weighted by Crippen LogP contribution is -2.11. The molecule has 1 N–H and O–H groups in total. The smallest absolute Gasteiger partial charge is 0.248 e. The Balaban J connectivity index is 2.20. The molecule has 0 saturated carbocycles. The maximum absolute atomic E-state index is 12.4. The summed E-state index contributed by atoms with van der Waals surface area (Å²) >= 11 is 0. The van der Waals surface area contributed by atoms with Gasteiger partial charge in [0.05, 0.1) is 14.2 Å². The first-order valence-electron chi connectivity index (χ1n) is 8.26. The molecule has 0 unspecified atom stereocenters. The largest absolute Gasteiger partial charge is 0.497 e. The lowest BCUT2D eigenvalue weighted by molar-refractivity contribution is -0.111. The molecular formula is C21H25NO3. The maximum atomic E-state index is 12.4. The molecule has 4 nitrogen and oxygen atoms in total. The number of aryl methyl sites for hydroxylation is 1. The number of nitrogens with one attached hydrogen (secondary N) is 1. The molecule has 2 aromatic carbocycles. The van der Waals surface area contributed by atoms with Crippen molar-refractivity contribution >= 4 is 17.7 Å². The van der Waals surface area contributed by atoms with Crippen molar-refractivity contribution in [2.45, 2.75) is 26.7 Å². The van der Waals surface area contributed by atoms with E-state index in [0.717, 1.165) is 22.4 Å². The number of anilines is 1. The standard InChI is InChI=1S/C21H25NO3/c1-14(2)18-8-6-7-15(3)21(18)22-20(23)12-10-16-9-11-17(24-4)13-19(16)25-5/h6-14H,1-5H3,(H,22,23)/b12-10+. The summed E-state index contributed by atoms with van der Waals surface area (Å²) in [5.41, 5.74) is 3.87. The summed E-state index contributed by atoms with van der Waals surface area (Å²) in [4.78, 5) is 12.4. The summed E-state index contributed by atoms with van der Waals surface area (Å²) in [6.07, 6.45) is 3.25. The molecule has 0 aliphatic rings. The molecule has 2 rings (SSSR count). The fourth-order valence-electron chi connectivity index (χ4n) is 2.63. The van der Waals surface area contributed by atoms with E-state index in [-0.39, 0.29) is 5.91 Å². The first-order valence-corrected chi connectivity index (χ1v) is 8.26. The van der Waals surface area contributed by atoms with Crippen LogP contribution in [0.5, 0.6) is 11.5 Å². The number of amides is 1. The van der Waals surface area contributed by atoms with E-state index in [1.807, 2.05) is 37.3 Å². The van der Waals surface area contributed by atoms with Crippen molar-refractivity contribution in [1.82, 2.24) is 0 Å². The molecular weight excluding hydrogens is 314 g/mol. The second-order valence-electron chi connectivity index (χ2n) is 6.12. The van der Waals surface area contributed by atoms with Gasteiger partial charge in [-0.15, -0.1) is 0 Å². The SMILES string of the molecule is COc1ccc(/C=C/C(=O)Nc2c(C)cccc2C(C)C)c(OC)c1. The third-order valence-corrected chi connectivity index (χ3v) is 4.03. The number of carbonyl (C=O) groups excluding carboxylic acids is 1. The highest BCUT2D eigenvalue weighted by Crippen LogP contribution is 2.28. The molecule has 2 aromatic rings. The first kappa shape index (κ1) is 18.6. The quantitative estimate of drug-likeness (QED) is 0.770. The summed E-state index contributed by atoms with van der Waals surface area (Å²) < 4.78 is 10.5. The number of methoxy groups -OCH3 is 2. The first-order chi connectivity index (χ1) is 12.0. The van der Waals surface area contributed by atoms with Crippen LogP contribution >= 0.6 is 0 Å². The minimum atomic E-state index is -0.172. The fourth-order valence-corrected chi connectivity index (χ4v) is 2.63. The van der Waals surface area contributed by atoms with Crippen LogP contribution in [-0.4, -0.2) is 20.1 Å². The van der Waals surface area contributed by atoms with Gasteiger partial charge in [0.15, 0.2) is 0 Å². The molecule has 0 bridgehead atoms. The number of ether oxygens (including phenoxy) is 2. The van der Waals surface area contributed by atoms with Gasteiger partial charge in [0.1, 0.15) is 11.5 Å². The van der Waals surface area contributed by atoms with Crippen LogP contribution in [0.3, 0.4) is 0 Å². The van der Waals surface area contributed by atoms with Crippen LogP contribution < -0.4 is 14.8 Å². The van der Waals surface area contributed by atoms with Crippen LogP contribution in [-0.2, 0) is 4.79 Å². The van der Waals surface area contributed by atoms with E-state index in [1.54, 1.807) is 26.4 Å². The molecule has 0 aliphatic carbocycles. The summed E-state index contributed by atoms with van der Waals surface area (Å²) in [5.74, 6) is 1.53. The van der Waals surface area contributed by atoms with E-state index >= 15 is 0 Å². The molecule has 0 radical (unpaired) electrons. The minimum absolute atomic E-state index is 0.172. The lowest BCUT2D eigenvalue weighted by atomic mass is 9.98. The third-order valence-electron chi connectivity index (χ3n) is 4.03. The summed E-state index contributed by atoms with van der Waals surface area (Å²) in [7, 11) is 3.20. The highest BCUT2D eigenvalue weighted by atomic mass is 16.5. The Kier molecular flexibility index (Phi) is 6.23. The van der Waals surface area contributed by atoms with Gasteiger partial charge in [-0.2, -0.15) is 0 Å². The Labute approximate surface area is 149 Å². The zero-order chi connectivity index (χ0) is 18.4. The topological polar surface area (TPSA) is 47.6 Å². The second kappa shape index (κ2) is 8.38. The lowest BCUT2D eigenvalue weighted by Gasteiger charge is -2.15. The van der Waals surface area contributed by atoms with E-state index in [0.29, 0.717) is 17.4 Å². The predicted molar refractivity (Wildman–Crippen MR) is 102 cm³/mol. The minimum Gasteiger partial charge on any atom is -0.497 e. The molecule has 0 aromatic heterocycles. The zero-order valence-corrected chi connectivity index (χ0v) is 15.4. The molecule has 1 amide bonds. The number of hydrogen-bond acceptors (Lipinski definition) is 3. The third kappa shape index (κ3) is 4.63. The molecule has 0 saturated heterocycles. The van der Waals surface area contributed by atoms with Crippen LogP contribution in [0, 0.1) is 6.92 Å². The average molecular weight is 339 g/mol. The maximum Gasteiger partial charge on any atom is 0.248 e. The molecule has 0 fully saturated rings. The summed E-state index contributed by atoms with van der Waals surface area (Å²) in [6, 6.07) is 11.5. The molecule has 132 valence electrons. The Bertz CT molecular complexity index is 779. The van der Waals surface area contributed by atoms with Crippen molar-refractivity contribution in [2.75, 3.05) is 19.5 Å². The van der Waals surface area contributed by atoms with Crippen LogP contribution in [0.25, 0.3) is 6.08 Å². The Morgan fingerprint density at radius 1 is 1.12 bits per heavy atom. The van der Waals surface area contributed by atoms with Crippen molar-refractivity contribution in [3.63, 3.8) is 0 Å². The van der Waals surface area contributed by atoms with Gasteiger partial charge in [-0.3, -0.25) is 4.79 Å². The van der Waals surface area contributed by atoms with Gasteiger partial charge in [0.25, 0.3) is 0 Å². The van der Waals surface area contributed by atoms with Gasteiger partial charge in [-0.1, -0.05) is 32.0 Å². The van der Waals surface area contributed by atoms with Crippen molar-refractivity contribution in [1.29, 1.82) is 0 Å². The highest BCUT2D eigenvalue weighted by Gasteiger charge is 2.11. The normalized spacial score (nSPS) is 11.0. The van der Waals surface area contributed by atoms with Gasteiger partial charge in [0, 0.05) is 23.4 Å². The van der Waals surface area contributed by atoms with Gasteiger partial charge in [0.2, 0.25) is 5.91 Å². The van der Waals surface area contributed by atoms with Gasteiger partial charge >= 0.3 is 0 Å². The van der Waals surface area contributed by atoms with Crippen molar-refractivity contribution in [3.8, 4) is 11.5 Å². The summed E-state index contributed by atoms with van der Waals surface area (Å²) in [6.45, 7) is 6.22.